The van der Waals surface area contributed by atoms with Crippen LogP contribution in [0.2, 0.25) is 0 Å². The van der Waals surface area contributed by atoms with E-state index in [-0.39, 0.29) is 23.9 Å². The lowest BCUT2D eigenvalue weighted by Crippen LogP contribution is -2.45. The second kappa shape index (κ2) is 10.5. The SMILES string of the molecule is COC(CNC(=O)Nc1c2c(nn1-c1cc(C)c(F)c(C)c1)[C@@H](F)[C@@H]1CC[C@H]2N1C(=O)OC(C)(C)C)OC. The van der Waals surface area contributed by atoms with E-state index in [0.717, 1.165) is 0 Å². The Kier molecular flexibility index (Phi) is 7.67. The van der Waals surface area contributed by atoms with Crippen LogP contribution in [-0.4, -0.2) is 65.5 Å². The number of anilines is 1. The van der Waals surface area contributed by atoms with Crippen molar-refractivity contribution in [2.24, 2.45) is 0 Å². The number of methoxy groups -OCH3 is 2. The van der Waals surface area contributed by atoms with Crippen molar-refractivity contribution in [2.45, 2.75) is 77.6 Å². The maximum absolute atomic E-state index is 16.0. The van der Waals surface area contributed by atoms with E-state index in [1.54, 1.807) is 46.8 Å². The summed E-state index contributed by atoms with van der Waals surface area (Å²) in [4.78, 5) is 27.5. The van der Waals surface area contributed by atoms with Gasteiger partial charge in [-0.25, -0.2) is 23.1 Å². The molecule has 0 aliphatic carbocycles. The largest absolute Gasteiger partial charge is 0.444 e. The maximum atomic E-state index is 16.0. The van der Waals surface area contributed by atoms with Gasteiger partial charge in [0, 0.05) is 19.8 Å². The molecule has 208 valence electrons. The van der Waals surface area contributed by atoms with Crippen LogP contribution in [0.3, 0.4) is 0 Å². The Morgan fingerprint density at radius 3 is 2.37 bits per heavy atom. The summed E-state index contributed by atoms with van der Waals surface area (Å²) in [6, 6.07) is 1.24. The van der Waals surface area contributed by atoms with Crippen LogP contribution in [0, 0.1) is 19.7 Å². The molecular formula is C26H35F2N5O5. The highest BCUT2D eigenvalue weighted by Gasteiger charge is 2.53. The predicted molar refractivity (Wildman–Crippen MR) is 136 cm³/mol. The number of halogens is 2. The molecule has 2 bridgehead atoms. The lowest BCUT2D eigenvalue weighted by Gasteiger charge is -2.37. The molecule has 2 aliphatic heterocycles. The molecule has 4 rings (SSSR count). The number of alkyl halides is 1. The molecule has 2 aliphatic rings. The van der Waals surface area contributed by atoms with Gasteiger partial charge in [-0.05, 0) is 70.7 Å². The van der Waals surface area contributed by atoms with Gasteiger partial charge in [-0.15, -0.1) is 0 Å². The van der Waals surface area contributed by atoms with Crippen molar-refractivity contribution >= 4 is 17.9 Å². The highest BCUT2D eigenvalue weighted by atomic mass is 19.1. The van der Waals surface area contributed by atoms with Crippen LogP contribution in [0.1, 0.15) is 68.2 Å². The van der Waals surface area contributed by atoms with E-state index in [9.17, 15) is 14.0 Å². The number of nitrogens with one attached hydrogen (secondary N) is 2. The highest BCUT2D eigenvalue weighted by Crippen LogP contribution is 2.52. The summed E-state index contributed by atoms with van der Waals surface area (Å²) in [5.41, 5.74) is 0.961. The van der Waals surface area contributed by atoms with Crippen LogP contribution in [0.5, 0.6) is 0 Å². The van der Waals surface area contributed by atoms with Gasteiger partial charge in [-0.1, -0.05) is 0 Å². The quantitative estimate of drug-likeness (QED) is 0.513. The first kappa shape index (κ1) is 27.8. The van der Waals surface area contributed by atoms with Gasteiger partial charge in [0.1, 0.15) is 22.9 Å². The summed E-state index contributed by atoms with van der Waals surface area (Å²) in [7, 11) is 2.89. The van der Waals surface area contributed by atoms with Crippen LogP contribution in [-0.2, 0) is 14.2 Å². The summed E-state index contributed by atoms with van der Waals surface area (Å²) in [6.45, 7) is 8.53. The molecule has 1 aromatic carbocycles. The third-order valence-electron chi connectivity index (χ3n) is 6.77. The van der Waals surface area contributed by atoms with Crippen LogP contribution in [0.15, 0.2) is 12.1 Å². The van der Waals surface area contributed by atoms with Crippen molar-refractivity contribution in [2.75, 3.05) is 26.1 Å². The lowest BCUT2D eigenvalue weighted by atomic mass is 9.98. The molecular weight excluding hydrogens is 500 g/mol. The first-order chi connectivity index (χ1) is 17.9. The maximum Gasteiger partial charge on any atom is 0.411 e. The average molecular weight is 536 g/mol. The topological polar surface area (TPSA) is 107 Å². The molecule has 0 saturated carbocycles. The molecule has 3 atom stereocenters. The molecule has 0 spiro atoms. The Bertz CT molecular complexity index is 1200. The standard InChI is InChI=1S/C26H35F2N5O5/c1-13-10-15(11-14(2)20(13)27)33-23(30-24(34)29-12-18(36-6)37-7)19-16-8-9-17(21(28)22(19)31-33)32(16)25(35)38-26(3,4)5/h10-11,16-18,21H,8-9,12H2,1-7H3,(H2,29,30,34)/t16-,17+,21+/m1/s1. The van der Waals surface area contributed by atoms with Gasteiger partial charge in [-0.2, -0.15) is 5.10 Å². The zero-order valence-corrected chi connectivity index (χ0v) is 22.7. The fourth-order valence-corrected chi connectivity index (χ4v) is 5.09. The summed E-state index contributed by atoms with van der Waals surface area (Å²) in [6.07, 6.45) is -2.01. The molecule has 0 unspecified atom stereocenters. The number of ether oxygens (including phenoxy) is 3. The van der Waals surface area contributed by atoms with E-state index < -0.39 is 42.3 Å². The van der Waals surface area contributed by atoms with Crippen molar-refractivity contribution in [3.63, 3.8) is 0 Å². The van der Waals surface area contributed by atoms with Gasteiger partial charge in [0.2, 0.25) is 0 Å². The molecule has 3 amide bonds. The van der Waals surface area contributed by atoms with Gasteiger partial charge in [0.25, 0.3) is 0 Å². The second-order valence-electron chi connectivity index (χ2n) is 10.6. The summed E-state index contributed by atoms with van der Waals surface area (Å²) >= 11 is 0. The van der Waals surface area contributed by atoms with E-state index in [0.29, 0.717) is 35.2 Å². The molecule has 12 heteroatoms. The summed E-state index contributed by atoms with van der Waals surface area (Å²) in [5, 5.41) is 10.00. The number of hydrogen-bond acceptors (Lipinski definition) is 6. The first-order valence-electron chi connectivity index (χ1n) is 12.5. The normalized spacial score (nSPS) is 20.5. The number of rotatable bonds is 6. The smallest absolute Gasteiger partial charge is 0.411 e. The molecule has 38 heavy (non-hydrogen) atoms. The first-order valence-corrected chi connectivity index (χ1v) is 12.5. The van der Waals surface area contributed by atoms with Gasteiger partial charge >= 0.3 is 12.1 Å². The number of nitrogens with zero attached hydrogens (tertiary/aromatic N) is 3. The molecule has 1 fully saturated rings. The Morgan fingerprint density at radius 1 is 1.16 bits per heavy atom. The fourth-order valence-electron chi connectivity index (χ4n) is 5.09. The zero-order valence-electron chi connectivity index (χ0n) is 22.7. The Labute approximate surface area is 220 Å². The number of carbonyl (C=O) groups is 2. The molecule has 2 N–H and O–H groups in total. The fraction of sp³-hybridized carbons (Fsp3) is 0.577. The third-order valence-corrected chi connectivity index (χ3v) is 6.77. The number of urea groups is 1. The van der Waals surface area contributed by atoms with E-state index in [1.165, 1.54) is 23.8 Å². The number of aromatic nitrogens is 2. The minimum absolute atomic E-state index is 0.0468. The van der Waals surface area contributed by atoms with Gasteiger partial charge in [0.05, 0.1) is 24.3 Å². The number of amides is 3. The highest BCUT2D eigenvalue weighted by molar-refractivity contribution is 5.90. The van der Waals surface area contributed by atoms with Gasteiger partial charge < -0.3 is 19.5 Å². The number of fused-ring (bicyclic) bond motifs is 4. The minimum atomic E-state index is -1.60. The van der Waals surface area contributed by atoms with Crippen molar-refractivity contribution in [3.8, 4) is 5.69 Å². The van der Waals surface area contributed by atoms with Crippen molar-refractivity contribution < 1.29 is 32.6 Å². The lowest BCUT2D eigenvalue weighted by molar-refractivity contribution is -0.0970. The van der Waals surface area contributed by atoms with E-state index in [2.05, 4.69) is 15.7 Å². The van der Waals surface area contributed by atoms with Crippen molar-refractivity contribution in [3.05, 3.63) is 40.3 Å². The van der Waals surface area contributed by atoms with Crippen LogP contribution in [0.25, 0.3) is 5.69 Å². The number of benzene rings is 1. The Balaban J connectivity index is 1.79. The van der Waals surface area contributed by atoms with Crippen molar-refractivity contribution in [1.82, 2.24) is 20.0 Å². The molecule has 3 heterocycles. The van der Waals surface area contributed by atoms with E-state index >= 15 is 4.39 Å². The van der Waals surface area contributed by atoms with Crippen LogP contribution in [0.4, 0.5) is 24.2 Å². The minimum Gasteiger partial charge on any atom is -0.444 e. The van der Waals surface area contributed by atoms with Gasteiger partial charge in [-0.3, -0.25) is 10.2 Å². The zero-order chi connectivity index (χ0) is 27.9. The van der Waals surface area contributed by atoms with Gasteiger partial charge in [0.15, 0.2) is 12.5 Å². The Hall–Kier alpha value is -3.25. The van der Waals surface area contributed by atoms with Crippen LogP contribution >= 0.6 is 0 Å². The molecule has 1 aromatic heterocycles. The predicted octanol–water partition coefficient (Wildman–Crippen LogP) is 4.83. The molecule has 2 aromatic rings. The molecule has 0 radical (unpaired) electrons. The van der Waals surface area contributed by atoms with E-state index in [4.69, 9.17) is 14.2 Å². The van der Waals surface area contributed by atoms with E-state index in [1.807, 2.05) is 0 Å². The summed E-state index contributed by atoms with van der Waals surface area (Å²) < 4.78 is 47.6. The molecule has 10 nitrogen and oxygen atoms in total. The third kappa shape index (κ3) is 5.19. The second-order valence-corrected chi connectivity index (χ2v) is 10.6. The average Bonchev–Trinajstić information content (AvgIpc) is 3.40. The monoisotopic (exact) mass is 535 g/mol. The Morgan fingerprint density at radius 2 is 1.79 bits per heavy atom. The van der Waals surface area contributed by atoms with Crippen molar-refractivity contribution in [1.29, 1.82) is 0 Å². The van der Waals surface area contributed by atoms with Crippen LogP contribution < -0.4 is 10.6 Å². The summed E-state index contributed by atoms with van der Waals surface area (Å²) in [5.74, 6) is -0.169. The molecule has 1 saturated heterocycles. The number of aryl methyl sites for hydroxylation is 2. The number of carbonyl (C=O) groups excluding carboxylic acids is 2. The number of hydrogen-bond donors (Lipinski definition) is 2.